The number of hydrogen-bond donors (Lipinski definition) is 1. The van der Waals surface area contributed by atoms with Crippen molar-refractivity contribution in [1.82, 2.24) is 9.97 Å². The monoisotopic (exact) mass is 276 g/mol. The average Bonchev–Trinajstić information content (AvgIpc) is 2.79. The molecular weight excluding hydrogens is 252 g/mol. The summed E-state index contributed by atoms with van der Waals surface area (Å²) < 4.78 is 0. The van der Waals surface area contributed by atoms with Crippen molar-refractivity contribution in [2.24, 2.45) is 11.8 Å². The number of carboxylic acids is 1. The maximum absolute atomic E-state index is 11.0. The topological polar surface area (TPSA) is 63.1 Å². The van der Waals surface area contributed by atoms with Crippen LogP contribution in [-0.2, 0) is 11.2 Å². The average molecular weight is 276 g/mol. The lowest BCUT2D eigenvalue weighted by atomic mass is 9.98. The van der Waals surface area contributed by atoms with Crippen LogP contribution >= 0.6 is 0 Å². The van der Waals surface area contributed by atoms with Crippen molar-refractivity contribution in [2.75, 3.05) is 0 Å². The largest absolute Gasteiger partial charge is 0.481 e. The van der Waals surface area contributed by atoms with Crippen molar-refractivity contribution < 1.29 is 9.90 Å². The lowest BCUT2D eigenvalue weighted by Crippen LogP contribution is -2.16. The molecule has 1 fully saturated rings. The Bertz CT molecular complexity index is 490. The van der Waals surface area contributed by atoms with Gasteiger partial charge in [0.15, 0.2) is 0 Å². The van der Waals surface area contributed by atoms with Gasteiger partial charge in [0.2, 0.25) is 0 Å². The first-order valence-electron chi connectivity index (χ1n) is 7.45. The highest BCUT2D eigenvalue weighted by atomic mass is 16.4. The van der Waals surface area contributed by atoms with Gasteiger partial charge in [0.1, 0.15) is 5.82 Å². The molecule has 3 atom stereocenters. The molecule has 1 aromatic rings. The van der Waals surface area contributed by atoms with Gasteiger partial charge in [0.25, 0.3) is 0 Å². The number of nitrogens with zero attached hydrogens (tertiary/aromatic N) is 2. The van der Waals surface area contributed by atoms with Crippen molar-refractivity contribution >= 4 is 5.97 Å². The normalized spacial score (nSPS) is 23.8. The van der Waals surface area contributed by atoms with Gasteiger partial charge < -0.3 is 5.11 Å². The fraction of sp³-hybridized carbons (Fsp3) is 0.688. The molecule has 0 radical (unpaired) electrons. The molecule has 1 saturated carbocycles. The van der Waals surface area contributed by atoms with E-state index in [1.54, 1.807) is 6.92 Å². The van der Waals surface area contributed by atoms with E-state index in [1.165, 1.54) is 19.3 Å². The number of rotatable bonds is 4. The Kier molecular flexibility index (Phi) is 4.41. The smallest absolute Gasteiger partial charge is 0.306 e. The number of carbonyl (C=O) groups is 1. The van der Waals surface area contributed by atoms with Gasteiger partial charge in [-0.3, -0.25) is 4.79 Å². The molecule has 1 aliphatic rings. The zero-order valence-electron chi connectivity index (χ0n) is 12.8. The molecule has 1 N–H and O–H groups in total. The van der Waals surface area contributed by atoms with E-state index in [4.69, 9.17) is 5.11 Å². The third kappa shape index (κ3) is 3.17. The molecule has 1 heterocycles. The summed E-state index contributed by atoms with van der Waals surface area (Å²) >= 11 is 0. The van der Waals surface area contributed by atoms with Crippen molar-refractivity contribution in [1.29, 1.82) is 0 Å². The summed E-state index contributed by atoms with van der Waals surface area (Å²) in [4.78, 5) is 20.3. The van der Waals surface area contributed by atoms with Gasteiger partial charge in [0.05, 0.1) is 5.92 Å². The molecule has 0 saturated heterocycles. The molecule has 110 valence electrons. The summed E-state index contributed by atoms with van der Waals surface area (Å²) in [5, 5.41) is 9.04. The Hall–Kier alpha value is -1.45. The first-order valence-corrected chi connectivity index (χ1v) is 7.45. The quantitative estimate of drug-likeness (QED) is 0.916. The van der Waals surface area contributed by atoms with Crippen LogP contribution in [0.3, 0.4) is 0 Å². The highest BCUT2D eigenvalue weighted by Crippen LogP contribution is 2.36. The Labute approximate surface area is 120 Å². The molecule has 2 rings (SSSR count). The molecule has 0 bridgehead atoms. The third-order valence-electron chi connectivity index (χ3n) is 4.43. The Morgan fingerprint density at radius 1 is 1.30 bits per heavy atom. The molecule has 0 amide bonds. The van der Waals surface area contributed by atoms with E-state index in [1.807, 2.05) is 13.8 Å². The Morgan fingerprint density at radius 2 is 1.90 bits per heavy atom. The van der Waals surface area contributed by atoms with Gasteiger partial charge in [0, 0.05) is 17.3 Å². The zero-order chi connectivity index (χ0) is 14.9. The summed E-state index contributed by atoms with van der Waals surface area (Å²) in [5.41, 5.74) is 2.88. The maximum atomic E-state index is 11.0. The van der Waals surface area contributed by atoms with E-state index >= 15 is 0 Å². The molecule has 0 aromatic carbocycles. The second-order valence-electron chi connectivity index (χ2n) is 6.29. The lowest BCUT2D eigenvalue weighted by molar-refractivity contribution is -0.141. The van der Waals surface area contributed by atoms with E-state index < -0.39 is 11.9 Å². The van der Waals surface area contributed by atoms with E-state index in [0.717, 1.165) is 28.7 Å². The number of carboxylic acid groups (broad SMARTS) is 1. The number of hydrogen-bond acceptors (Lipinski definition) is 3. The van der Waals surface area contributed by atoms with Gasteiger partial charge in [-0.15, -0.1) is 0 Å². The van der Waals surface area contributed by atoms with Crippen molar-refractivity contribution in [3.05, 3.63) is 22.8 Å². The number of aliphatic carboxylic acids is 1. The summed E-state index contributed by atoms with van der Waals surface area (Å²) in [6, 6.07) is 0. The molecule has 3 unspecified atom stereocenters. The van der Waals surface area contributed by atoms with Crippen LogP contribution < -0.4 is 0 Å². The van der Waals surface area contributed by atoms with Crippen molar-refractivity contribution in [3.63, 3.8) is 0 Å². The highest BCUT2D eigenvalue weighted by molar-refractivity contribution is 5.70. The zero-order valence-corrected chi connectivity index (χ0v) is 12.8. The summed E-state index contributed by atoms with van der Waals surface area (Å²) in [5.74, 6) is 1.03. The summed E-state index contributed by atoms with van der Waals surface area (Å²) in [7, 11) is 0. The number of aromatic nitrogens is 2. The molecular formula is C16H24N2O2. The predicted octanol–water partition coefficient (Wildman–Crippen LogP) is 3.26. The maximum Gasteiger partial charge on any atom is 0.306 e. The van der Waals surface area contributed by atoms with Crippen LogP contribution in [0.1, 0.15) is 61.8 Å². The second-order valence-corrected chi connectivity index (χ2v) is 6.29. The minimum atomic E-state index is -0.766. The molecule has 0 aliphatic heterocycles. The molecule has 20 heavy (non-hydrogen) atoms. The van der Waals surface area contributed by atoms with E-state index in [2.05, 4.69) is 16.9 Å². The van der Waals surface area contributed by atoms with Crippen LogP contribution in [0.4, 0.5) is 0 Å². The first kappa shape index (κ1) is 14.9. The van der Waals surface area contributed by atoms with E-state index in [-0.39, 0.29) is 0 Å². The van der Waals surface area contributed by atoms with Gasteiger partial charge in [-0.05, 0) is 51.0 Å². The second kappa shape index (κ2) is 5.90. The number of aryl methyl sites for hydroxylation is 2. The Balaban J connectivity index is 2.22. The molecule has 4 heteroatoms. The summed E-state index contributed by atoms with van der Waals surface area (Å²) in [6.07, 6.45) is 4.10. The highest BCUT2D eigenvalue weighted by Gasteiger charge is 2.26. The van der Waals surface area contributed by atoms with Crippen LogP contribution in [0, 0.1) is 25.7 Å². The van der Waals surface area contributed by atoms with Gasteiger partial charge >= 0.3 is 5.97 Å². The third-order valence-corrected chi connectivity index (χ3v) is 4.43. The standard InChI is InChI=1S/C16H24N2O2/c1-9-5-6-13(7-9)15-17-11(3)14(12(4)18-15)8-10(2)16(19)20/h9-10,13H,5-8H2,1-4H3,(H,19,20). The summed E-state index contributed by atoms with van der Waals surface area (Å²) in [6.45, 7) is 7.96. The van der Waals surface area contributed by atoms with Gasteiger partial charge in [-0.25, -0.2) is 9.97 Å². The minimum Gasteiger partial charge on any atom is -0.481 e. The molecule has 0 spiro atoms. The molecule has 1 aromatic heterocycles. The molecule has 4 nitrogen and oxygen atoms in total. The van der Waals surface area contributed by atoms with Crippen LogP contribution in [-0.4, -0.2) is 21.0 Å². The fourth-order valence-electron chi connectivity index (χ4n) is 3.08. The van der Waals surface area contributed by atoms with Gasteiger partial charge in [-0.1, -0.05) is 13.8 Å². The lowest BCUT2D eigenvalue weighted by Gasteiger charge is -2.15. The van der Waals surface area contributed by atoms with Crippen molar-refractivity contribution in [3.8, 4) is 0 Å². The Morgan fingerprint density at radius 3 is 2.35 bits per heavy atom. The van der Waals surface area contributed by atoms with Gasteiger partial charge in [-0.2, -0.15) is 0 Å². The fourth-order valence-corrected chi connectivity index (χ4v) is 3.08. The minimum absolute atomic E-state index is 0.395. The first-order chi connectivity index (χ1) is 9.38. The predicted molar refractivity (Wildman–Crippen MR) is 77.8 cm³/mol. The van der Waals surface area contributed by atoms with E-state index in [0.29, 0.717) is 12.3 Å². The van der Waals surface area contributed by atoms with Crippen LogP contribution in [0.5, 0.6) is 0 Å². The van der Waals surface area contributed by atoms with Crippen molar-refractivity contribution in [2.45, 2.75) is 59.3 Å². The SMILES string of the molecule is Cc1nc(C2CCC(C)C2)nc(C)c1CC(C)C(=O)O. The van der Waals surface area contributed by atoms with Crippen LogP contribution in [0.25, 0.3) is 0 Å². The van der Waals surface area contributed by atoms with Crippen LogP contribution in [0.15, 0.2) is 0 Å². The molecule has 1 aliphatic carbocycles. The van der Waals surface area contributed by atoms with Crippen LogP contribution in [0.2, 0.25) is 0 Å². The van der Waals surface area contributed by atoms with E-state index in [9.17, 15) is 4.79 Å².